The molecule has 0 N–H and O–H groups in total. The zero-order valence-corrected chi connectivity index (χ0v) is 12.0. The number of aromatic nitrogens is 3. The summed E-state index contributed by atoms with van der Waals surface area (Å²) in [5, 5.41) is 3.52. The third kappa shape index (κ3) is 3.25. The SMILES string of the molecule is CCOC(=O)c1cnn(-c2ccc(F)c(OC)n2)c1C(F)(F)F. The van der Waals surface area contributed by atoms with E-state index < -0.39 is 35.1 Å². The first-order valence-corrected chi connectivity index (χ1v) is 6.32. The van der Waals surface area contributed by atoms with Gasteiger partial charge in [0.05, 0.1) is 19.9 Å². The van der Waals surface area contributed by atoms with E-state index in [1.807, 2.05) is 0 Å². The van der Waals surface area contributed by atoms with Gasteiger partial charge in [-0.2, -0.15) is 23.3 Å². The number of rotatable bonds is 4. The molecule has 0 amide bonds. The topological polar surface area (TPSA) is 66.2 Å². The molecular weight excluding hydrogens is 322 g/mol. The lowest BCUT2D eigenvalue weighted by Gasteiger charge is -2.12. The Morgan fingerprint density at radius 3 is 2.61 bits per heavy atom. The number of pyridine rings is 1. The molecule has 10 heteroatoms. The fourth-order valence-electron chi connectivity index (χ4n) is 1.83. The predicted octanol–water partition coefficient (Wildman–Crippen LogP) is 2.61. The van der Waals surface area contributed by atoms with Gasteiger partial charge in [-0.25, -0.2) is 13.9 Å². The summed E-state index contributed by atoms with van der Waals surface area (Å²) in [7, 11) is 1.12. The molecule has 6 nitrogen and oxygen atoms in total. The van der Waals surface area contributed by atoms with E-state index >= 15 is 0 Å². The Bertz CT molecular complexity index is 728. The van der Waals surface area contributed by atoms with Crippen LogP contribution in [0.4, 0.5) is 17.6 Å². The van der Waals surface area contributed by atoms with Crippen molar-refractivity contribution in [3.05, 3.63) is 35.4 Å². The van der Waals surface area contributed by atoms with Crippen molar-refractivity contribution in [2.45, 2.75) is 13.1 Å². The lowest BCUT2D eigenvalue weighted by atomic mass is 10.2. The van der Waals surface area contributed by atoms with Crippen LogP contribution in [0.1, 0.15) is 23.0 Å². The van der Waals surface area contributed by atoms with E-state index in [1.54, 1.807) is 0 Å². The molecule has 2 aromatic heterocycles. The minimum Gasteiger partial charge on any atom is -0.479 e. The predicted molar refractivity (Wildman–Crippen MR) is 68.8 cm³/mol. The molecule has 0 saturated heterocycles. The summed E-state index contributed by atoms with van der Waals surface area (Å²) < 4.78 is 62.8. The maximum absolute atomic E-state index is 13.3. The molecule has 0 aliphatic heterocycles. The molecule has 0 aliphatic carbocycles. The van der Waals surface area contributed by atoms with E-state index in [4.69, 9.17) is 0 Å². The third-order valence-electron chi connectivity index (χ3n) is 2.74. The first-order chi connectivity index (χ1) is 10.8. The second-order valence-corrected chi connectivity index (χ2v) is 4.20. The number of carbonyl (C=O) groups is 1. The number of esters is 1. The maximum atomic E-state index is 13.3. The van der Waals surface area contributed by atoms with E-state index in [2.05, 4.69) is 19.6 Å². The van der Waals surface area contributed by atoms with Gasteiger partial charge in [0, 0.05) is 0 Å². The van der Waals surface area contributed by atoms with Crippen molar-refractivity contribution in [3.63, 3.8) is 0 Å². The summed E-state index contributed by atoms with van der Waals surface area (Å²) in [6.45, 7) is 1.37. The molecular formula is C13H11F4N3O3. The van der Waals surface area contributed by atoms with Crippen LogP contribution in [-0.2, 0) is 10.9 Å². The molecule has 0 atom stereocenters. The average molecular weight is 333 g/mol. The van der Waals surface area contributed by atoms with Crippen LogP contribution >= 0.6 is 0 Å². The van der Waals surface area contributed by atoms with Crippen LogP contribution in [0.25, 0.3) is 5.82 Å². The summed E-state index contributed by atoms with van der Waals surface area (Å²) in [4.78, 5) is 15.3. The maximum Gasteiger partial charge on any atom is 0.434 e. The second-order valence-electron chi connectivity index (χ2n) is 4.20. The quantitative estimate of drug-likeness (QED) is 0.636. The Balaban J connectivity index is 2.62. The third-order valence-corrected chi connectivity index (χ3v) is 2.74. The number of halogens is 4. The lowest BCUT2D eigenvalue weighted by molar-refractivity contribution is -0.143. The normalized spacial score (nSPS) is 11.4. The van der Waals surface area contributed by atoms with Crippen LogP contribution in [0.3, 0.4) is 0 Å². The van der Waals surface area contributed by atoms with Crippen molar-refractivity contribution in [2.75, 3.05) is 13.7 Å². The highest BCUT2D eigenvalue weighted by Gasteiger charge is 2.41. The van der Waals surface area contributed by atoms with Gasteiger partial charge in [0.2, 0.25) is 0 Å². The molecule has 0 unspecified atom stereocenters. The molecule has 0 fully saturated rings. The van der Waals surface area contributed by atoms with Gasteiger partial charge >= 0.3 is 12.1 Å². The Morgan fingerprint density at radius 2 is 2.04 bits per heavy atom. The minimum atomic E-state index is -4.90. The number of methoxy groups -OCH3 is 1. The Labute approximate surface area is 127 Å². The van der Waals surface area contributed by atoms with Gasteiger partial charge in [-0.15, -0.1) is 0 Å². The molecule has 0 aliphatic rings. The van der Waals surface area contributed by atoms with Gasteiger partial charge in [-0.3, -0.25) is 0 Å². The van der Waals surface area contributed by atoms with Crippen LogP contribution < -0.4 is 4.74 Å². The molecule has 2 rings (SSSR count). The summed E-state index contributed by atoms with van der Waals surface area (Å²) in [5.74, 6) is -2.86. The largest absolute Gasteiger partial charge is 0.479 e. The molecule has 0 bridgehead atoms. The van der Waals surface area contributed by atoms with E-state index in [-0.39, 0.29) is 12.4 Å². The van der Waals surface area contributed by atoms with Crippen LogP contribution in [0.5, 0.6) is 5.88 Å². The minimum absolute atomic E-state index is 0.0933. The molecule has 0 radical (unpaired) electrons. The van der Waals surface area contributed by atoms with Gasteiger partial charge in [0.1, 0.15) is 5.56 Å². The van der Waals surface area contributed by atoms with Crippen molar-refractivity contribution in [1.29, 1.82) is 0 Å². The highest BCUT2D eigenvalue weighted by molar-refractivity contribution is 5.90. The molecule has 2 heterocycles. The summed E-state index contributed by atoms with van der Waals surface area (Å²) in [6.07, 6.45) is -4.18. The van der Waals surface area contributed by atoms with Crippen molar-refractivity contribution < 1.29 is 31.8 Å². The summed E-state index contributed by atoms with van der Waals surface area (Å²) >= 11 is 0. The van der Waals surface area contributed by atoms with Crippen LogP contribution in [0.2, 0.25) is 0 Å². The van der Waals surface area contributed by atoms with Crippen molar-refractivity contribution >= 4 is 5.97 Å². The molecule has 0 aromatic carbocycles. The molecule has 0 spiro atoms. The van der Waals surface area contributed by atoms with Gasteiger partial charge in [-0.1, -0.05) is 0 Å². The number of carbonyl (C=O) groups excluding carboxylic acids is 1. The van der Waals surface area contributed by atoms with E-state index in [9.17, 15) is 22.4 Å². The van der Waals surface area contributed by atoms with Crippen LogP contribution in [-0.4, -0.2) is 34.5 Å². The smallest absolute Gasteiger partial charge is 0.434 e. The van der Waals surface area contributed by atoms with Gasteiger partial charge in [0.25, 0.3) is 5.88 Å². The molecule has 124 valence electrons. The fourth-order valence-corrected chi connectivity index (χ4v) is 1.83. The van der Waals surface area contributed by atoms with Crippen molar-refractivity contribution in [2.24, 2.45) is 0 Å². The first-order valence-electron chi connectivity index (χ1n) is 6.32. The van der Waals surface area contributed by atoms with E-state index in [0.29, 0.717) is 4.68 Å². The number of alkyl halides is 3. The van der Waals surface area contributed by atoms with Crippen molar-refractivity contribution in [1.82, 2.24) is 14.8 Å². The lowest BCUT2D eigenvalue weighted by Crippen LogP contribution is -2.19. The number of hydrogen-bond acceptors (Lipinski definition) is 5. The monoisotopic (exact) mass is 333 g/mol. The Morgan fingerprint density at radius 1 is 1.35 bits per heavy atom. The zero-order valence-electron chi connectivity index (χ0n) is 12.0. The van der Waals surface area contributed by atoms with Crippen molar-refractivity contribution in [3.8, 4) is 11.7 Å². The number of ether oxygens (including phenoxy) is 2. The summed E-state index contributed by atoms with van der Waals surface area (Å²) in [6, 6.07) is 1.86. The zero-order chi connectivity index (χ0) is 17.2. The van der Waals surface area contributed by atoms with Crippen LogP contribution in [0.15, 0.2) is 18.3 Å². The van der Waals surface area contributed by atoms with Gasteiger partial charge in [0.15, 0.2) is 17.3 Å². The van der Waals surface area contributed by atoms with Crippen LogP contribution in [0, 0.1) is 5.82 Å². The highest BCUT2D eigenvalue weighted by atomic mass is 19.4. The second kappa shape index (κ2) is 6.23. The summed E-state index contributed by atoms with van der Waals surface area (Å²) in [5.41, 5.74) is -2.12. The number of nitrogens with zero attached hydrogens (tertiary/aromatic N) is 3. The first kappa shape index (κ1) is 16.7. The number of hydrogen-bond donors (Lipinski definition) is 0. The Kier molecular flexibility index (Phi) is 4.52. The standard InChI is InChI=1S/C13H11F4N3O3/c1-3-23-12(21)7-6-18-20(10(7)13(15,16)17)9-5-4-8(14)11(19-9)22-2/h4-6H,3H2,1-2H3. The average Bonchev–Trinajstić information content (AvgIpc) is 2.93. The van der Waals surface area contributed by atoms with Gasteiger partial charge < -0.3 is 9.47 Å². The van der Waals surface area contributed by atoms with E-state index in [0.717, 1.165) is 25.4 Å². The van der Waals surface area contributed by atoms with E-state index in [1.165, 1.54) is 6.92 Å². The molecule has 0 saturated carbocycles. The fraction of sp³-hybridized carbons (Fsp3) is 0.308. The Hall–Kier alpha value is -2.65. The highest BCUT2D eigenvalue weighted by Crippen LogP contribution is 2.34. The molecule has 2 aromatic rings. The van der Waals surface area contributed by atoms with Gasteiger partial charge in [-0.05, 0) is 19.1 Å². The molecule has 23 heavy (non-hydrogen) atoms.